The number of hydrogen-bond acceptors (Lipinski definition) is 6. The number of esters is 1. The monoisotopic (exact) mass is 604 g/mol. The molecule has 1 aliphatic heterocycles. The largest absolute Gasteiger partial charge is 0.456 e. The molecule has 0 bridgehead atoms. The minimum Gasteiger partial charge on any atom is -0.456 e. The number of carbonyl (C=O) groups is 3. The summed E-state index contributed by atoms with van der Waals surface area (Å²) in [5, 5.41) is 1.02. The Morgan fingerprint density at radius 2 is 1.36 bits per heavy atom. The first-order chi connectivity index (χ1) is 20.3. The van der Waals surface area contributed by atoms with Crippen LogP contribution in [0.5, 0.6) is 0 Å². The van der Waals surface area contributed by atoms with Crippen LogP contribution in [0.4, 0.5) is 9.59 Å². The summed E-state index contributed by atoms with van der Waals surface area (Å²) in [5.41, 5.74) is 2.74. The van der Waals surface area contributed by atoms with Crippen LogP contribution >= 0.6 is 0 Å². The highest BCUT2D eigenvalue weighted by molar-refractivity contribution is 5.93. The van der Waals surface area contributed by atoms with Gasteiger partial charge in [0, 0.05) is 30.6 Å². The maximum Gasteiger partial charge on any atom is 0.418 e. The molecule has 238 valence electrons. The number of ether oxygens (including phenoxy) is 3. The van der Waals surface area contributed by atoms with Crippen LogP contribution in [0.2, 0.25) is 0 Å². The molecule has 2 atom stereocenters. The summed E-state index contributed by atoms with van der Waals surface area (Å²) in [5.74, 6) is -0.152. The molecule has 0 unspecified atom stereocenters. The standard InChI is InChI=1S/C36H48N2O6/c1-23-11-12-26(28-18-20-38(30(23)28)33(41)44-36(8,9)10)21-27-17-19-37(32(40)43-35(5,6)7)22-29(27)24-13-15-25(16-14-24)31(39)42-34(2,3)4/h11-16,18,20,27,29H,17,19,21-22H2,1-10H3/t27-,29-/m0/s1. The van der Waals surface area contributed by atoms with Gasteiger partial charge in [0.2, 0.25) is 0 Å². The van der Waals surface area contributed by atoms with Gasteiger partial charge in [0.15, 0.2) is 0 Å². The predicted molar refractivity (Wildman–Crippen MR) is 172 cm³/mol. The average Bonchev–Trinajstić information content (AvgIpc) is 3.34. The maximum atomic E-state index is 13.1. The molecule has 3 aromatic rings. The van der Waals surface area contributed by atoms with E-state index in [1.165, 1.54) is 0 Å². The molecule has 0 aliphatic carbocycles. The van der Waals surface area contributed by atoms with Crippen molar-refractivity contribution in [2.45, 2.75) is 105 Å². The molecule has 8 nitrogen and oxygen atoms in total. The Balaban J connectivity index is 1.66. The van der Waals surface area contributed by atoms with E-state index in [2.05, 4.69) is 12.1 Å². The number of aromatic nitrogens is 1. The van der Waals surface area contributed by atoms with Crippen molar-refractivity contribution in [3.63, 3.8) is 0 Å². The van der Waals surface area contributed by atoms with Gasteiger partial charge < -0.3 is 19.1 Å². The van der Waals surface area contributed by atoms with Crippen molar-refractivity contribution in [1.29, 1.82) is 0 Å². The fraction of sp³-hybridized carbons (Fsp3) is 0.528. The van der Waals surface area contributed by atoms with Crippen LogP contribution in [-0.4, -0.2) is 57.5 Å². The summed E-state index contributed by atoms with van der Waals surface area (Å²) < 4.78 is 18.5. The fourth-order valence-corrected chi connectivity index (χ4v) is 5.73. The number of rotatable bonds is 4. The molecule has 1 fully saturated rings. The van der Waals surface area contributed by atoms with Crippen LogP contribution in [0.25, 0.3) is 10.9 Å². The number of carbonyl (C=O) groups excluding carboxylic acids is 3. The van der Waals surface area contributed by atoms with Gasteiger partial charge in [-0.1, -0.05) is 24.3 Å². The molecule has 0 spiro atoms. The van der Waals surface area contributed by atoms with E-state index in [-0.39, 0.29) is 23.9 Å². The van der Waals surface area contributed by atoms with Crippen molar-refractivity contribution < 1.29 is 28.6 Å². The van der Waals surface area contributed by atoms with Gasteiger partial charge in [-0.25, -0.2) is 14.4 Å². The zero-order valence-electron chi connectivity index (χ0n) is 27.9. The van der Waals surface area contributed by atoms with Gasteiger partial charge in [0.25, 0.3) is 0 Å². The third-order valence-electron chi connectivity index (χ3n) is 7.59. The number of amides is 1. The Morgan fingerprint density at radius 1 is 0.773 bits per heavy atom. The summed E-state index contributed by atoms with van der Waals surface area (Å²) >= 11 is 0. The summed E-state index contributed by atoms with van der Waals surface area (Å²) in [6.45, 7) is 19.8. The number of aryl methyl sites for hydroxylation is 1. The van der Waals surface area contributed by atoms with E-state index in [4.69, 9.17) is 14.2 Å². The number of nitrogens with zero attached hydrogens (tertiary/aromatic N) is 2. The molecular formula is C36H48N2O6. The minimum absolute atomic E-state index is 0.00764. The lowest BCUT2D eigenvalue weighted by atomic mass is 9.77. The molecule has 0 radical (unpaired) electrons. The molecule has 2 aromatic carbocycles. The summed E-state index contributed by atoms with van der Waals surface area (Å²) in [7, 11) is 0. The number of hydrogen-bond donors (Lipinski definition) is 0. The zero-order chi connectivity index (χ0) is 32.6. The van der Waals surface area contributed by atoms with E-state index in [1.54, 1.807) is 27.8 Å². The molecule has 0 N–H and O–H groups in total. The Hall–Kier alpha value is -3.81. The van der Waals surface area contributed by atoms with Crippen LogP contribution in [0, 0.1) is 12.8 Å². The summed E-state index contributed by atoms with van der Waals surface area (Å²) in [4.78, 5) is 40.6. The maximum absolute atomic E-state index is 13.1. The van der Waals surface area contributed by atoms with Crippen molar-refractivity contribution in [2.24, 2.45) is 5.92 Å². The number of benzene rings is 2. The fourth-order valence-electron chi connectivity index (χ4n) is 5.73. The first kappa shape index (κ1) is 33.1. The van der Waals surface area contributed by atoms with Crippen molar-refractivity contribution in [1.82, 2.24) is 9.47 Å². The third-order valence-corrected chi connectivity index (χ3v) is 7.59. The lowest BCUT2D eigenvalue weighted by molar-refractivity contribution is 0.00684. The third kappa shape index (κ3) is 8.21. The van der Waals surface area contributed by atoms with Crippen LogP contribution < -0.4 is 0 Å². The smallest absolute Gasteiger partial charge is 0.418 e. The lowest BCUT2D eigenvalue weighted by Gasteiger charge is -2.39. The molecule has 8 heteroatoms. The normalized spacial score (nSPS) is 17.8. The van der Waals surface area contributed by atoms with E-state index in [1.807, 2.05) is 87.4 Å². The topological polar surface area (TPSA) is 87.1 Å². The van der Waals surface area contributed by atoms with E-state index in [0.29, 0.717) is 18.7 Å². The van der Waals surface area contributed by atoms with Crippen molar-refractivity contribution in [3.8, 4) is 0 Å². The Bertz CT molecular complexity index is 1520. The summed E-state index contributed by atoms with van der Waals surface area (Å²) in [6.07, 6.45) is 2.60. The highest BCUT2D eigenvalue weighted by atomic mass is 16.6. The zero-order valence-corrected chi connectivity index (χ0v) is 27.9. The van der Waals surface area contributed by atoms with Gasteiger partial charge >= 0.3 is 18.2 Å². The van der Waals surface area contributed by atoms with Crippen LogP contribution in [-0.2, 0) is 20.6 Å². The van der Waals surface area contributed by atoms with Crippen molar-refractivity contribution in [3.05, 3.63) is 70.9 Å². The summed E-state index contributed by atoms with van der Waals surface area (Å²) in [6, 6.07) is 13.7. The molecule has 4 rings (SSSR count). The second-order valence-corrected chi connectivity index (χ2v) is 14.9. The van der Waals surface area contributed by atoms with Crippen LogP contribution in [0.15, 0.2) is 48.7 Å². The Labute approximate surface area is 261 Å². The van der Waals surface area contributed by atoms with Gasteiger partial charge in [-0.05, 0) is 123 Å². The molecule has 1 saturated heterocycles. The number of likely N-dealkylation sites (tertiary alicyclic amines) is 1. The van der Waals surface area contributed by atoms with E-state index in [9.17, 15) is 14.4 Å². The molecular weight excluding hydrogens is 556 g/mol. The first-order valence-corrected chi connectivity index (χ1v) is 15.5. The van der Waals surface area contributed by atoms with Gasteiger partial charge in [-0.15, -0.1) is 0 Å². The Morgan fingerprint density at radius 3 is 1.95 bits per heavy atom. The average molecular weight is 605 g/mol. The van der Waals surface area contributed by atoms with Gasteiger partial charge in [0.1, 0.15) is 16.8 Å². The van der Waals surface area contributed by atoms with Gasteiger partial charge in [-0.3, -0.25) is 4.57 Å². The number of fused-ring (bicyclic) bond motifs is 1. The molecule has 1 aliphatic rings. The van der Waals surface area contributed by atoms with Crippen LogP contribution in [0.1, 0.15) is 102 Å². The highest BCUT2D eigenvalue weighted by Crippen LogP contribution is 2.38. The van der Waals surface area contributed by atoms with Crippen LogP contribution in [0.3, 0.4) is 0 Å². The molecule has 1 aromatic heterocycles. The van der Waals surface area contributed by atoms with E-state index in [0.717, 1.165) is 40.4 Å². The van der Waals surface area contributed by atoms with E-state index >= 15 is 0 Å². The molecule has 0 saturated carbocycles. The molecule has 2 heterocycles. The van der Waals surface area contributed by atoms with Gasteiger partial charge in [-0.2, -0.15) is 0 Å². The van der Waals surface area contributed by atoms with E-state index < -0.39 is 22.9 Å². The van der Waals surface area contributed by atoms with Crippen molar-refractivity contribution in [2.75, 3.05) is 13.1 Å². The minimum atomic E-state index is -0.604. The number of piperidine rings is 1. The predicted octanol–water partition coefficient (Wildman–Crippen LogP) is 8.27. The lowest BCUT2D eigenvalue weighted by Crippen LogP contribution is -2.45. The molecule has 1 amide bonds. The first-order valence-electron chi connectivity index (χ1n) is 15.5. The van der Waals surface area contributed by atoms with Gasteiger partial charge in [0.05, 0.1) is 11.1 Å². The second-order valence-electron chi connectivity index (χ2n) is 14.9. The second kappa shape index (κ2) is 12.3. The quantitative estimate of drug-likeness (QED) is 0.220. The highest BCUT2D eigenvalue weighted by Gasteiger charge is 2.35. The molecule has 44 heavy (non-hydrogen) atoms. The van der Waals surface area contributed by atoms with Crippen molar-refractivity contribution >= 4 is 29.1 Å². The Kier molecular flexibility index (Phi) is 9.24. The SMILES string of the molecule is Cc1ccc(C[C@@H]2CCN(C(=O)OC(C)(C)C)C[C@H]2c2ccc(C(=O)OC(C)(C)C)cc2)c2ccn(C(=O)OC(C)(C)C)c12.